The quantitative estimate of drug-likeness (QED) is 0.134. The van der Waals surface area contributed by atoms with Gasteiger partial charge >= 0.3 is 0 Å². The van der Waals surface area contributed by atoms with E-state index in [0.717, 1.165) is 33.6 Å². The van der Waals surface area contributed by atoms with Gasteiger partial charge in [0.05, 0.1) is 0 Å². The smallest absolute Gasteiger partial charge is 0.154 e. The number of fused-ring (bicyclic) bond motifs is 1. The standard InChI is InChI=1S/C27H26O.C20H17N3.C2H6/c1-6-24(27-20(5)28-26-10-8-7-9-25(26)27)23-14-17(2)13-22(16-23)21-12-11-18(3)19(4)15-21;21-19(17-9-5-2-6-10-17)23-20(22)18-13-11-16(12-14-18)15-7-3-1-4-8-15;1-2/h6-16H,1-5H3;1-14H,(H3,21,22,23);1-2H3/b24-6-;;. The third-order valence-electron chi connectivity index (χ3n) is 9.13. The van der Waals surface area contributed by atoms with Crippen LogP contribution >= 0.6 is 0 Å². The molecule has 4 heteroatoms. The molecule has 1 heterocycles. The first-order valence-corrected chi connectivity index (χ1v) is 18.2. The topological polar surface area (TPSA) is 75.4 Å². The molecule has 3 N–H and O–H groups in total. The Morgan fingerprint density at radius 1 is 0.585 bits per heavy atom. The normalized spacial score (nSPS) is 11.3. The molecule has 4 nitrogen and oxygen atoms in total. The molecule has 0 aliphatic rings. The molecule has 0 spiro atoms. The minimum atomic E-state index is 0.162. The first kappa shape index (κ1) is 38.0. The van der Waals surface area contributed by atoms with Gasteiger partial charge in [0.25, 0.3) is 0 Å². The highest BCUT2D eigenvalue weighted by Gasteiger charge is 2.17. The number of hydrogen-bond donors (Lipinski definition) is 2. The largest absolute Gasteiger partial charge is 0.461 e. The summed E-state index contributed by atoms with van der Waals surface area (Å²) in [6.45, 7) is 14.7. The van der Waals surface area contributed by atoms with E-state index in [1.165, 1.54) is 49.9 Å². The fourth-order valence-electron chi connectivity index (χ4n) is 6.29. The van der Waals surface area contributed by atoms with Crippen molar-refractivity contribution in [3.63, 3.8) is 0 Å². The number of nitrogens with zero attached hydrogens (tertiary/aromatic N) is 1. The second-order valence-corrected chi connectivity index (χ2v) is 12.8. The Balaban J connectivity index is 0.000000199. The second kappa shape index (κ2) is 17.8. The minimum absolute atomic E-state index is 0.162. The van der Waals surface area contributed by atoms with Crippen molar-refractivity contribution < 1.29 is 4.42 Å². The van der Waals surface area contributed by atoms with Crippen LogP contribution in [0.15, 0.2) is 161 Å². The van der Waals surface area contributed by atoms with E-state index in [1.54, 1.807) is 0 Å². The van der Waals surface area contributed by atoms with Crippen LogP contribution in [-0.2, 0) is 0 Å². The molecule has 0 bridgehead atoms. The molecule has 0 fully saturated rings. The molecule has 53 heavy (non-hydrogen) atoms. The monoisotopic (exact) mass is 695 g/mol. The maximum atomic E-state index is 8.02. The third-order valence-corrected chi connectivity index (χ3v) is 9.13. The molecule has 0 aliphatic heterocycles. The Morgan fingerprint density at radius 2 is 1.19 bits per heavy atom. The molecule has 7 rings (SSSR count). The number of benzene rings is 6. The maximum Gasteiger partial charge on any atom is 0.154 e. The number of aryl methyl sites for hydroxylation is 4. The molecular weight excluding hydrogens is 647 g/mol. The van der Waals surface area contributed by atoms with Crippen molar-refractivity contribution in [2.75, 3.05) is 0 Å². The van der Waals surface area contributed by atoms with Crippen LogP contribution in [0, 0.1) is 33.1 Å². The van der Waals surface area contributed by atoms with Crippen LogP contribution in [0.25, 0.3) is 38.8 Å². The predicted octanol–water partition coefficient (Wildman–Crippen LogP) is 12.9. The molecule has 7 aromatic rings. The molecule has 0 saturated carbocycles. The van der Waals surface area contributed by atoms with Gasteiger partial charge in [-0.2, -0.15) is 0 Å². The van der Waals surface area contributed by atoms with Gasteiger partial charge < -0.3 is 10.2 Å². The summed E-state index contributed by atoms with van der Waals surface area (Å²) in [4.78, 5) is 4.20. The van der Waals surface area contributed by atoms with Crippen LogP contribution in [-0.4, -0.2) is 11.7 Å². The Labute approximate surface area is 314 Å². The van der Waals surface area contributed by atoms with Crippen molar-refractivity contribution >= 4 is 28.2 Å². The Hall–Kier alpha value is -6.26. The maximum absolute atomic E-state index is 8.02. The molecule has 0 radical (unpaired) electrons. The number of rotatable bonds is 6. The van der Waals surface area contributed by atoms with E-state index < -0.39 is 0 Å². The van der Waals surface area contributed by atoms with Crippen LogP contribution in [0.4, 0.5) is 0 Å². The van der Waals surface area contributed by atoms with E-state index in [4.69, 9.17) is 15.6 Å². The zero-order valence-corrected chi connectivity index (χ0v) is 31.9. The lowest BCUT2D eigenvalue weighted by molar-refractivity contribution is 0.577. The van der Waals surface area contributed by atoms with Crippen molar-refractivity contribution in [2.45, 2.75) is 48.5 Å². The highest BCUT2D eigenvalue weighted by Crippen LogP contribution is 2.37. The summed E-state index contributed by atoms with van der Waals surface area (Å²) in [5.41, 5.74) is 20.9. The fourth-order valence-corrected chi connectivity index (χ4v) is 6.29. The Bertz CT molecular complexity index is 2360. The molecule has 0 atom stereocenters. The van der Waals surface area contributed by atoms with Gasteiger partial charge in [-0.05, 0) is 96.8 Å². The van der Waals surface area contributed by atoms with Crippen LogP contribution < -0.4 is 5.73 Å². The van der Waals surface area contributed by atoms with E-state index >= 15 is 0 Å². The van der Waals surface area contributed by atoms with Gasteiger partial charge in [0.2, 0.25) is 0 Å². The Kier molecular flexibility index (Phi) is 12.7. The zero-order chi connectivity index (χ0) is 37.9. The highest BCUT2D eigenvalue weighted by molar-refractivity contribution is 6.09. The molecule has 6 aromatic carbocycles. The first-order valence-electron chi connectivity index (χ1n) is 18.2. The van der Waals surface area contributed by atoms with Gasteiger partial charge in [0.1, 0.15) is 17.2 Å². The average molecular weight is 696 g/mol. The third kappa shape index (κ3) is 9.16. The number of hydrogen-bond acceptors (Lipinski definition) is 2. The van der Waals surface area contributed by atoms with Crippen molar-refractivity contribution in [3.8, 4) is 22.3 Å². The molecule has 1 aromatic heterocycles. The SMILES string of the molecule is C/C=C(/c1cc(C)cc(-c2ccc(C)c(C)c2)c1)c1c(C)oc2ccccc12.CC.N=C(N=C(N)c1ccc(-c2ccccc2)cc1)c1ccccc1. The van der Waals surface area contributed by atoms with Gasteiger partial charge in [-0.25, -0.2) is 4.99 Å². The van der Waals surface area contributed by atoms with Crippen molar-refractivity contribution in [3.05, 3.63) is 196 Å². The van der Waals surface area contributed by atoms with E-state index in [0.29, 0.717) is 5.84 Å². The van der Waals surface area contributed by atoms with Crippen LogP contribution in [0.2, 0.25) is 0 Å². The molecule has 0 unspecified atom stereocenters. The van der Waals surface area contributed by atoms with E-state index in [1.807, 2.05) is 98.8 Å². The van der Waals surface area contributed by atoms with Gasteiger partial charge in [-0.3, -0.25) is 5.41 Å². The number of para-hydroxylation sites is 1. The number of aliphatic imine (C=N–C) groups is 1. The molecule has 266 valence electrons. The summed E-state index contributed by atoms with van der Waals surface area (Å²) in [7, 11) is 0. The van der Waals surface area contributed by atoms with Crippen molar-refractivity contribution in [1.82, 2.24) is 0 Å². The number of nitrogens with two attached hydrogens (primary N) is 1. The number of nitrogens with one attached hydrogen (secondary N) is 1. The van der Waals surface area contributed by atoms with Gasteiger partial charge in [0, 0.05) is 22.1 Å². The van der Waals surface area contributed by atoms with Crippen molar-refractivity contribution in [2.24, 2.45) is 10.7 Å². The van der Waals surface area contributed by atoms with E-state index in [2.05, 4.69) is 106 Å². The lowest BCUT2D eigenvalue weighted by Crippen LogP contribution is -2.15. The summed E-state index contributed by atoms with van der Waals surface area (Å²) >= 11 is 0. The zero-order valence-electron chi connectivity index (χ0n) is 31.9. The minimum Gasteiger partial charge on any atom is -0.461 e. The molecule has 0 amide bonds. The molecule has 0 saturated heterocycles. The van der Waals surface area contributed by atoms with Crippen LogP contribution in [0.3, 0.4) is 0 Å². The summed E-state index contributed by atoms with van der Waals surface area (Å²) in [6, 6.07) is 49.2. The summed E-state index contributed by atoms with van der Waals surface area (Å²) in [5, 5.41) is 9.19. The van der Waals surface area contributed by atoms with E-state index in [-0.39, 0.29) is 5.84 Å². The first-order chi connectivity index (χ1) is 25.7. The van der Waals surface area contributed by atoms with Crippen LogP contribution in [0.5, 0.6) is 0 Å². The number of amidine groups is 2. The Morgan fingerprint density at radius 3 is 1.85 bits per heavy atom. The van der Waals surface area contributed by atoms with Gasteiger partial charge in [-0.15, -0.1) is 0 Å². The fraction of sp³-hybridized carbons (Fsp3) is 0.143. The van der Waals surface area contributed by atoms with Gasteiger partial charge in [-0.1, -0.05) is 153 Å². The average Bonchev–Trinajstić information content (AvgIpc) is 3.53. The van der Waals surface area contributed by atoms with Crippen molar-refractivity contribution in [1.29, 1.82) is 5.41 Å². The van der Waals surface area contributed by atoms with E-state index in [9.17, 15) is 0 Å². The number of furan rings is 1. The lowest BCUT2D eigenvalue weighted by atomic mass is 9.91. The lowest BCUT2D eigenvalue weighted by Gasteiger charge is -2.13. The molecule has 0 aliphatic carbocycles. The van der Waals surface area contributed by atoms with Gasteiger partial charge in [0.15, 0.2) is 5.84 Å². The summed E-state index contributed by atoms with van der Waals surface area (Å²) in [5.74, 6) is 1.47. The highest BCUT2D eigenvalue weighted by atomic mass is 16.3. The number of allylic oxidation sites excluding steroid dienone is 1. The second-order valence-electron chi connectivity index (χ2n) is 12.8. The molecular formula is C49H49N3O. The summed E-state index contributed by atoms with van der Waals surface area (Å²) in [6.07, 6.45) is 2.20. The summed E-state index contributed by atoms with van der Waals surface area (Å²) < 4.78 is 6.04. The predicted molar refractivity (Wildman–Crippen MR) is 227 cm³/mol. The van der Waals surface area contributed by atoms with Crippen LogP contribution in [0.1, 0.15) is 65.5 Å².